The highest BCUT2D eigenvalue weighted by molar-refractivity contribution is 7.88. The van der Waals surface area contributed by atoms with Crippen molar-refractivity contribution in [2.75, 3.05) is 21.3 Å². The highest BCUT2D eigenvalue weighted by atomic mass is 35.5. The number of hydrogen-bond donors (Lipinski definition) is 1. The largest absolute Gasteiger partial charge is 0.493 e. The maximum Gasteiger partial charge on any atom is 0.216 e. The van der Waals surface area contributed by atoms with Crippen molar-refractivity contribution in [1.29, 1.82) is 0 Å². The second kappa shape index (κ2) is 8.57. The van der Waals surface area contributed by atoms with E-state index in [1.165, 1.54) is 33.5 Å². The predicted molar refractivity (Wildman–Crippen MR) is 97.0 cm³/mol. The summed E-state index contributed by atoms with van der Waals surface area (Å²) in [5, 5.41) is 0.0585. The third-order valence-corrected chi connectivity index (χ3v) is 5.22. The molecule has 0 radical (unpaired) electrons. The average Bonchev–Trinajstić information content (AvgIpc) is 2.62. The van der Waals surface area contributed by atoms with Gasteiger partial charge in [-0.15, -0.1) is 0 Å². The van der Waals surface area contributed by atoms with Crippen molar-refractivity contribution in [3.05, 3.63) is 52.3 Å². The van der Waals surface area contributed by atoms with Crippen LogP contribution in [0.5, 0.6) is 17.2 Å². The standard InChI is InChI=1S/C17H19ClFNO5S/c1-23-15-7-11(8-16(24-2)17(15)25-3)9-20-26(21,22)10-12-13(18)5-4-6-14(12)19/h4-8,20H,9-10H2,1-3H3. The molecule has 26 heavy (non-hydrogen) atoms. The normalized spacial score (nSPS) is 11.3. The van der Waals surface area contributed by atoms with E-state index in [4.69, 9.17) is 25.8 Å². The van der Waals surface area contributed by atoms with Gasteiger partial charge in [0.2, 0.25) is 15.8 Å². The highest BCUT2D eigenvalue weighted by Gasteiger charge is 2.18. The molecule has 0 unspecified atom stereocenters. The minimum Gasteiger partial charge on any atom is -0.493 e. The van der Waals surface area contributed by atoms with E-state index >= 15 is 0 Å². The lowest BCUT2D eigenvalue weighted by Crippen LogP contribution is -2.25. The third-order valence-electron chi connectivity index (χ3n) is 3.62. The van der Waals surface area contributed by atoms with Gasteiger partial charge in [-0.2, -0.15) is 0 Å². The van der Waals surface area contributed by atoms with Gasteiger partial charge in [0, 0.05) is 17.1 Å². The molecule has 2 rings (SSSR count). The molecule has 142 valence electrons. The van der Waals surface area contributed by atoms with Crippen LogP contribution in [-0.2, 0) is 22.3 Å². The van der Waals surface area contributed by atoms with Gasteiger partial charge in [-0.3, -0.25) is 0 Å². The quantitative estimate of drug-likeness (QED) is 0.733. The lowest BCUT2D eigenvalue weighted by molar-refractivity contribution is 0.323. The van der Waals surface area contributed by atoms with Crippen molar-refractivity contribution in [1.82, 2.24) is 4.72 Å². The van der Waals surface area contributed by atoms with Crippen molar-refractivity contribution in [3.8, 4) is 17.2 Å². The van der Waals surface area contributed by atoms with Crippen LogP contribution in [0.25, 0.3) is 0 Å². The minimum atomic E-state index is -3.82. The summed E-state index contributed by atoms with van der Waals surface area (Å²) in [7, 11) is 0.581. The van der Waals surface area contributed by atoms with Gasteiger partial charge in [0.15, 0.2) is 11.5 Å². The summed E-state index contributed by atoms with van der Waals surface area (Å²) in [6.07, 6.45) is 0. The summed E-state index contributed by atoms with van der Waals surface area (Å²) >= 11 is 5.89. The average molecular weight is 404 g/mol. The fourth-order valence-corrected chi connectivity index (χ4v) is 3.81. The van der Waals surface area contributed by atoms with Crippen LogP contribution in [0.4, 0.5) is 4.39 Å². The molecule has 1 N–H and O–H groups in total. The molecule has 9 heteroatoms. The second-order valence-electron chi connectivity index (χ2n) is 5.31. The lowest BCUT2D eigenvalue weighted by Gasteiger charge is -2.14. The third kappa shape index (κ3) is 4.78. The van der Waals surface area contributed by atoms with Crippen LogP contribution in [-0.4, -0.2) is 29.7 Å². The Morgan fingerprint density at radius 3 is 2.19 bits per heavy atom. The zero-order chi connectivity index (χ0) is 19.3. The zero-order valence-electron chi connectivity index (χ0n) is 14.5. The monoisotopic (exact) mass is 403 g/mol. The summed E-state index contributed by atoms with van der Waals surface area (Å²) in [6.45, 7) is -0.0366. The summed E-state index contributed by atoms with van der Waals surface area (Å²) < 4.78 is 56.5. The second-order valence-corrected chi connectivity index (χ2v) is 7.53. The van der Waals surface area contributed by atoms with Crippen LogP contribution in [0.15, 0.2) is 30.3 Å². The smallest absolute Gasteiger partial charge is 0.216 e. The van der Waals surface area contributed by atoms with E-state index in [0.29, 0.717) is 22.8 Å². The van der Waals surface area contributed by atoms with Crippen LogP contribution < -0.4 is 18.9 Å². The molecule has 0 aromatic heterocycles. The molecule has 0 spiro atoms. The summed E-state index contributed by atoms with van der Waals surface area (Å²) in [5.74, 6) is -0.0325. The topological polar surface area (TPSA) is 73.9 Å². The Morgan fingerprint density at radius 1 is 1.08 bits per heavy atom. The van der Waals surface area contributed by atoms with Gasteiger partial charge >= 0.3 is 0 Å². The van der Waals surface area contributed by atoms with E-state index in [-0.39, 0.29) is 17.1 Å². The van der Waals surface area contributed by atoms with E-state index in [1.54, 1.807) is 12.1 Å². The van der Waals surface area contributed by atoms with Gasteiger partial charge in [0.1, 0.15) is 5.82 Å². The molecule has 0 saturated heterocycles. The van der Waals surface area contributed by atoms with E-state index in [1.807, 2.05) is 0 Å². The number of nitrogens with one attached hydrogen (secondary N) is 1. The number of hydrogen-bond acceptors (Lipinski definition) is 5. The molecule has 0 aliphatic heterocycles. The molecule has 2 aromatic rings. The summed E-state index contributed by atoms with van der Waals surface area (Å²) in [5.41, 5.74) is 0.509. The fourth-order valence-electron chi connectivity index (χ4n) is 2.34. The van der Waals surface area contributed by atoms with Gasteiger partial charge in [0.05, 0.1) is 27.1 Å². The van der Waals surface area contributed by atoms with Crippen molar-refractivity contribution >= 4 is 21.6 Å². The SMILES string of the molecule is COc1cc(CNS(=O)(=O)Cc2c(F)cccc2Cl)cc(OC)c1OC. The first kappa shape index (κ1) is 20.3. The fraction of sp³-hybridized carbons (Fsp3) is 0.294. The number of benzene rings is 2. The van der Waals surface area contributed by atoms with Crippen molar-refractivity contribution in [2.45, 2.75) is 12.3 Å². The van der Waals surface area contributed by atoms with E-state index in [2.05, 4.69) is 4.72 Å². The molecule has 0 heterocycles. The zero-order valence-corrected chi connectivity index (χ0v) is 16.1. The molecule has 2 aromatic carbocycles. The van der Waals surface area contributed by atoms with Crippen LogP contribution in [0, 0.1) is 5.82 Å². The Bertz CT molecular complexity index is 843. The van der Waals surface area contributed by atoms with Gasteiger partial charge in [-0.25, -0.2) is 17.5 Å². The Balaban J connectivity index is 2.19. The van der Waals surface area contributed by atoms with Crippen molar-refractivity contribution in [2.24, 2.45) is 0 Å². The van der Waals surface area contributed by atoms with Gasteiger partial charge in [-0.1, -0.05) is 17.7 Å². The number of rotatable bonds is 8. The first-order chi connectivity index (χ1) is 12.3. The molecular formula is C17H19ClFNO5S. The molecule has 6 nitrogen and oxygen atoms in total. The maximum absolute atomic E-state index is 13.8. The Morgan fingerprint density at radius 2 is 1.69 bits per heavy atom. The van der Waals surface area contributed by atoms with Crippen LogP contribution in [0.1, 0.15) is 11.1 Å². The molecule has 0 aliphatic rings. The predicted octanol–water partition coefficient (Wildman–Crippen LogP) is 3.12. The molecule has 0 atom stereocenters. The van der Waals surface area contributed by atoms with E-state index < -0.39 is 21.6 Å². The Kier molecular flexibility index (Phi) is 6.69. The van der Waals surface area contributed by atoms with Crippen molar-refractivity contribution in [3.63, 3.8) is 0 Å². The highest BCUT2D eigenvalue weighted by Crippen LogP contribution is 2.38. The van der Waals surface area contributed by atoms with Crippen LogP contribution in [0.3, 0.4) is 0 Å². The van der Waals surface area contributed by atoms with Crippen molar-refractivity contribution < 1.29 is 27.0 Å². The van der Waals surface area contributed by atoms with E-state index in [9.17, 15) is 12.8 Å². The van der Waals surface area contributed by atoms with Gasteiger partial charge in [0.25, 0.3) is 0 Å². The molecule has 0 fully saturated rings. The number of ether oxygens (including phenoxy) is 3. The summed E-state index contributed by atoms with van der Waals surface area (Å²) in [6, 6.07) is 7.27. The molecule has 0 bridgehead atoms. The first-order valence-corrected chi connectivity index (χ1v) is 9.53. The summed E-state index contributed by atoms with van der Waals surface area (Å²) in [4.78, 5) is 0. The van der Waals surface area contributed by atoms with Crippen LogP contribution in [0.2, 0.25) is 5.02 Å². The molecule has 0 amide bonds. The molecule has 0 aliphatic carbocycles. The van der Waals surface area contributed by atoms with Crippen LogP contribution >= 0.6 is 11.6 Å². The minimum absolute atomic E-state index is 0.0366. The number of halogens is 2. The molecular weight excluding hydrogens is 385 g/mol. The Hall–Kier alpha value is -2.03. The number of methoxy groups -OCH3 is 3. The van der Waals surface area contributed by atoms with Gasteiger partial charge in [-0.05, 0) is 29.8 Å². The van der Waals surface area contributed by atoms with E-state index in [0.717, 1.165) is 6.07 Å². The molecule has 0 saturated carbocycles. The lowest BCUT2D eigenvalue weighted by atomic mass is 10.2. The maximum atomic E-state index is 13.8. The number of sulfonamides is 1. The van der Waals surface area contributed by atoms with Gasteiger partial charge < -0.3 is 14.2 Å². The Labute approximate surface area is 156 Å². The first-order valence-electron chi connectivity index (χ1n) is 7.50.